The Hall–Kier alpha value is -2.53. The number of carbonyl (C=O) groups is 1. The summed E-state index contributed by atoms with van der Waals surface area (Å²) in [5.74, 6) is -0.659. The first-order valence-electron chi connectivity index (χ1n) is 8.72. The Morgan fingerprint density at radius 2 is 1.81 bits per heavy atom. The number of phenolic OH excluding ortho intramolecular Hbond substituents is 1. The molecule has 6 heteroatoms. The molecule has 0 aromatic heterocycles. The molecule has 0 atom stereocenters. The normalized spacial score (nSPS) is 10.9. The summed E-state index contributed by atoms with van der Waals surface area (Å²) in [6, 6.07) is 12.3. The van der Waals surface area contributed by atoms with Crippen LogP contribution in [0.4, 0.5) is 5.69 Å². The first kappa shape index (κ1) is 19.8. The molecule has 138 valence electrons. The van der Waals surface area contributed by atoms with Crippen molar-refractivity contribution < 1.29 is 9.90 Å². The van der Waals surface area contributed by atoms with Crippen LogP contribution in [0.1, 0.15) is 42.6 Å². The van der Waals surface area contributed by atoms with Crippen molar-refractivity contribution in [3.05, 3.63) is 58.6 Å². The largest absolute Gasteiger partial charge is 0.507 e. The molecule has 1 amide bonds. The Morgan fingerprint density at radius 1 is 1.15 bits per heavy atom. The molecule has 0 bridgehead atoms. The quantitative estimate of drug-likeness (QED) is 0.531. The summed E-state index contributed by atoms with van der Waals surface area (Å²) in [5.41, 5.74) is 4.53. The second-order valence-corrected chi connectivity index (χ2v) is 6.38. The highest BCUT2D eigenvalue weighted by atomic mass is 35.5. The van der Waals surface area contributed by atoms with Crippen LogP contribution in [-0.4, -0.2) is 30.3 Å². The van der Waals surface area contributed by atoms with Gasteiger partial charge in [0.05, 0.1) is 11.8 Å². The number of aromatic hydroxyl groups is 1. The number of carbonyl (C=O) groups excluding carboxylic acids is 1. The lowest BCUT2D eigenvalue weighted by Gasteiger charge is -2.23. The van der Waals surface area contributed by atoms with Crippen LogP contribution in [0.15, 0.2) is 47.6 Å². The van der Waals surface area contributed by atoms with E-state index in [0.29, 0.717) is 5.02 Å². The molecule has 0 saturated carbocycles. The number of rotatable bonds is 8. The lowest BCUT2D eigenvalue weighted by Crippen LogP contribution is -2.24. The number of nitrogens with zero attached hydrogens (tertiary/aromatic N) is 2. The summed E-state index contributed by atoms with van der Waals surface area (Å²) in [6.45, 7) is 6.40. The van der Waals surface area contributed by atoms with E-state index in [9.17, 15) is 9.90 Å². The predicted molar refractivity (Wildman–Crippen MR) is 107 cm³/mol. The van der Waals surface area contributed by atoms with Crippen LogP contribution in [0.3, 0.4) is 0 Å². The van der Waals surface area contributed by atoms with Crippen LogP contribution in [0.5, 0.6) is 5.75 Å². The summed E-state index contributed by atoms with van der Waals surface area (Å²) >= 11 is 5.84. The Morgan fingerprint density at radius 3 is 2.42 bits per heavy atom. The Bertz CT molecular complexity index is 754. The molecule has 0 aliphatic heterocycles. The van der Waals surface area contributed by atoms with Crippen LogP contribution in [0.2, 0.25) is 5.02 Å². The zero-order valence-corrected chi connectivity index (χ0v) is 15.8. The number of anilines is 1. The van der Waals surface area contributed by atoms with Crippen molar-refractivity contribution in [3.63, 3.8) is 0 Å². The number of nitrogens with one attached hydrogen (secondary N) is 1. The molecule has 5 nitrogen and oxygen atoms in total. The maximum absolute atomic E-state index is 12.0. The molecule has 2 aromatic carbocycles. The minimum atomic E-state index is -0.519. The van der Waals surface area contributed by atoms with Gasteiger partial charge in [-0.2, -0.15) is 5.10 Å². The van der Waals surface area contributed by atoms with Gasteiger partial charge in [-0.3, -0.25) is 4.79 Å². The lowest BCUT2D eigenvalue weighted by molar-refractivity contribution is 0.0952. The molecule has 0 unspecified atom stereocenters. The first-order valence-corrected chi connectivity index (χ1v) is 9.09. The van der Waals surface area contributed by atoms with Gasteiger partial charge in [-0.1, -0.05) is 37.6 Å². The smallest absolute Gasteiger partial charge is 0.275 e. The third kappa shape index (κ3) is 5.49. The number of hydrogen-bond acceptors (Lipinski definition) is 4. The van der Waals surface area contributed by atoms with Gasteiger partial charge < -0.3 is 10.0 Å². The molecule has 0 aliphatic rings. The van der Waals surface area contributed by atoms with E-state index in [1.165, 1.54) is 23.9 Å². The van der Waals surface area contributed by atoms with Gasteiger partial charge in [-0.25, -0.2) is 5.43 Å². The van der Waals surface area contributed by atoms with E-state index in [1.807, 2.05) is 12.1 Å². The van der Waals surface area contributed by atoms with Gasteiger partial charge in [-0.05, 0) is 48.7 Å². The SMILES string of the molecule is CCCN(CCC)c1ccc(C=NNC(=O)c2cc(Cl)ccc2O)cc1. The number of phenols is 1. The molecule has 0 heterocycles. The fraction of sp³-hybridized carbons (Fsp3) is 0.300. The molecular formula is C20H24ClN3O2. The molecule has 0 fully saturated rings. The van der Waals surface area contributed by atoms with Gasteiger partial charge in [-0.15, -0.1) is 0 Å². The summed E-state index contributed by atoms with van der Waals surface area (Å²) in [6.07, 6.45) is 3.77. The number of hydrazone groups is 1. The zero-order valence-electron chi connectivity index (χ0n) is 15.1. The van der Waals surface area contributed by atoms with E-state index in [-0.39, 0.29) is 11.3 Å². The van der Waals surface area contributed by atoms with E-state index < -0.39 is 5.91 Å². The van der Waals surface area contributed by atoms with E-state index in [4.69, 9.17) is 11.6 Å². The summed E-state index contributed by atoms with van der Waals surface area (Å²) in [7, 11) is 0. The topological polar surface area (TPSA) is 64.9 Å². The van der Waals surface area contributed by atoms with Gasteiger partial charge in [0.15, 0.2) is 0 Å². The van der Waals surface area contributed by atoms with Crippen LogP contribution in [-0.2, 0) is 0 Å². The third-order valence-electron chi connectivity index (χ3n) is 3.83. The summed E-state index contributed by atoms with van der Waals surface area (Å²) in [5, 5.41) is 14.0. The minimum Gasteiger partial charge on any atom is -0.507 e. The van der Waals surface area contributed by atoms with E-state index in [2.05, 4.69) is 41.4 Å². The van der Waals surface area contributed by atoms with Crippen LogP contribution < -0.4 is 10.3 Å². The fourth-order valence-electron chi connectivity index (χ4n) is 2.60. The van der Waals surface area contributed by atoms with Gasteiger partial charge in [0.2, 0.25) is 0 Å². The molecule has 0 spiro atoms. The standard InChI is InChI=1S/C20H24ClN3O2/c1-3-11-24(12-4-2)17-8-5-15(6-9-17)14-22-23-20(26)18-13-16(21)7-10-19(18)25/h5-10,13-14,25H,3-4,11-12H2,1-2H3,(H,23,26). The Kier molecular flexibility index (Phi) is 7.48. The second-order valence-electron chi connectivity index (χ2n) is 5.94. The summed E-state index contributed by atoms with van der Waals surface area (Å²) < 4.78 is 0. The maximum Gasteiger partial charge on any atom is 0.275 e. The third-order valence-corrected chi connectivity index (χ3v) is 4.06. The molecule has 2 aromatic rings. The molecule has 2 rings (SSSR count). The van der Waals surface area contributed by atoms with Gasteiger partial charge in [0.25, 0.3) is 5.91 Å². The first-order chi connectivity index (χ1) is 12.5. The van der Waals surface area contributed by atoms with E-state index >= 15 is 0 Å². The van der Waals surface area contributed by atoms with Crippen molar-refractivity contribution in [3.8, 4) is 5.75 Å². The van der Waals surface area contributed by atoms with Crippen LogP contribution in [0, 0.1) is 0 Å². The Balaban J connectivity index is 2.00. The van der Waals surface area contributed by atoms with E-state index in [1.54, 1.807) is 6.21 Å². The maximum atomic E-state index is 12.0. The minimum absolute atomic E-state index is 0.0831. The van der Waals surface area contributed by atoms with Crippen LogP contribution >= 0.6 is 11.6 Å². The lowest BCUT2D eigenvalue weighted by atomic mass is 10.2. The monoisotopic (exact) mass is 373 g/mol. The van der Waals surface area contributed by atoms with E-state index in [0.717, 1.165) is 31.5 Å². The van der Waals surface area contributed by atoms with Gasteiger partial charge >= 0.3 is 0 Å². The van der Waals surface area contributed by atoms with Crippen molar-refractivity contribution >= 4 is 29.4 Å². The molecule has 0 aliphatic carbocycles. The highest BCUT2D eigenvalue weighted by molar-refractivity contribution is 6.31. The fourth-order valence-corrected chi connectivity index (χ4v) is 2.77. The molecule has 0 saturated heterocycles. The highest BCUT2D eigenvalue weighted by Crippen LogP contribution is 2.21. The van der Waals surface area contributed by atoms with Crippen molar-refractivity contribution in [2.24, 2.45) is 5.10 Å². The molecule has 2 N–H and O–H groups in total. The number of halogens is 1. The Labute approximate surface area is 159 Å². The molecule has 0 radical (unpaired) electrons. The highest BCUT2D eigenvalue weighted by Gasteiger charge is 2.10. The number of hydrogen-bond donors (Lipinski definition) is 2. The number of amides is 1. The van der Waals surface area contributed by atoms with Crippen molar-refractivity contribution in [2.45, 2.75) is 26.7 Å². The van der Waals surface area contributed by atoms with Crippen molar-refractivity contribution in [1.82, 2.24) is 5.43 Å². The van der Waals surface area contributed by atoms with Gasteiger partial charge in [0, 0.05) is 23.8 Å². The zero-order chi connectivity index (χ0) is 18.9. The summed E-state index contributed by atoms with van der Waals surface area (Å²) in [4.78, 5) is 14.4. The second kappa shape index (κ2) is 9.82. The average Bonchev–Trinajstić information content (AvgIpc) is 2.64. The molecule has 26 heavy (non-hydrogen) atoms. The van der Waals surface area contributed by atoms with Gasteiger partial charge in [0.1, 0.15) is 5.75 Å². The van der Waals surface area contributed by atoms with Crippen molar-refractivity contribution in [2.75, 3.05) is 18.0 Å². The predicted octanol–water partition coefficient (Wildman–Crippen LogP) is 4.44. The van der Waals surface area contributed by atoms with Crippen molar-refractivity contribution in [1.29, 1.82) is 0 Å². The average molecular weight is 374 g/mol. The molecular weight excluding hydrogens is 350 g/mol. The van der Waals surface area contributed by atoms with Crippen LogP contribution in [0.25, 0.3) is 0 Å². The number of benzene rings is 2.